The van der Waals surface area contributed by atoms with Crippen LogP contribution in [0.5, 0.6) is 0 Å². The molecule has 0 bridgehead atoms. The predicted molar refractivity (Wildman–Crippen MR) is 130 cm³/mol. The van der Waals surface area contributed by atoms with Gasteiger partial charge in [0, 0.05) is 43.8 Å². The van der Waals surface area contributed by atoms with E-state index in [2.05, 4.69) is 15.6 Å². The summed E-state index contributed by atoms with van der Waals surface area (Å²) in [5.41, 5.74) is 2.99. The number of hydrogen-bond donors (Lipinski definition) is 2. The molecule has 0 saturated carbocycles. The van der Waals surface area contributed by atoms with Crippen LogP contribution in [-0.2, 0) is 13.1 Å². The molecule has 2 aromatic rings. The highest BCUT2D eigenvalue weighted by Gasteiger charge is 2.17. The van der Waals surface area contributed by atoms with Crippen LogP contribution >= 0.6 is 35.6 Å². The van der Waals surface area contributed by atoms with Crippen molar-refractivity contribution in [3.05, 3.63) is 70.2 Å². The minimum Gasteiger partial charge on any atom is -0.352 e. The first-order valence-corrected chi connectivity index (χ1v) is 10.1. The van der Waals surface area contributed by atoms with Gasteiger partial charge in [-0.2, -0.15) is 0 Å². The van der Waals surface area contributed by atoms with Gasteiger partial charge in [-0.3, -0.25) is 9.79 Å². The van der Waals surface area contributed by atoms with Gasteiger partial charge in [-0.05, 0) is 54.7 Å². The molecule has 1 aliphatic heterocycles. The Labute approximate surface area is 194 Å². The number of nitrogens with one attached hydrogen (secondary N) is 2. The molecular weight excluding hydrogens is 499 g/mol. The molecule has 1 fully saturated rings. The van der Waals surface area contributed by atoms with E-state index in [1.54, 1.807) is 7.05 Å². The molecule has 1 aliphatic rings. The first kappa shape index (κ1) is 23.5. The van der Waals surface area contributed by atoms with Gasteiger partial charge < -0.3 is 15.5 Å². The lowest BCUT2D eigenvalue weighted by Crippen LogP contribution is -2.36. The summed E-state index contributed by atoms with van der Waals surface area (Å²) in [6.07, 6.45) is 3.44. The zero-order chi connectivity index (χ0) is 19.8. The average Bonchev–Trinajstić information content (AvgIpc) is 2.75. The number of nitrogens with zero attached hydrogens (tertiary/aromatic N) is 2. The fourth-order valence-electron chi connectivity index (χ4n) is 3.24. The van der Waals surface area contributed by atoms with E-state index in [1.165, 1.54) is 6.42 Å². The molecule has 3 rings (SSSR count). The van der Waals surface area contributed by atoms with Crippen LogP contribution in [-0.4, -0.2) is 36.9 Å². The second-order valence-corrected chi connectivity index (χ2v) is 7.39. The van der Waals surface area contributed by atoms with Crippen LogP contribution in [0.4, 0.5) is 0 Å². The van der Waals surface area contributed by atoms with E-state index in [9.17, 15) is 4.79 Å². The summed E-state index contributed by atoms with van der Waals surface area (Å²) in [5.74, 6) is 0.864. The van der Waals surface area contributed by atoms with Gasteiger partial charge in [0.25, 0.3) is 5.91 Å². The van der Waals surface area contributed by atoms with E-state index in [4.69, 9.17) is 11.6 Å². The highest BCUT2D eigenvalue weighted by molar-refractivity contribution is 14.0. The molecule has 0 spiro atoms. The Hall–Kier alpha value is -1.80. The molecule has 29 heavy (non-hydrogen) atoms. The van der Waals surface area contributed by atoms with Gasteiger partial charge in [-0.1, -0.05) is 35.9 Å². The number of carbonyl (C=O) groups is 1. The molecular formula is C22H28ClIN4O. The maximum Gasteiger partial charge on any atom is 0.253 e. The smallest absolute Gasteiger partial charge is 0.253 e. The second kappa shape index (κ2) is 12.0. The Morgan fingerprint density at radius 1 is 0.931 bits per heavy atom. The Balaban J connectivity index is 0.00000300. The van der Waals surface area contributed by atoms with Gasteiger partial charge in [0.2, 0.25) is 0 Å². The molecule has 0 unspecified atom stereocenters. The number of rotatable bonds is 5. The molecule has 0 radical (unpaired) electrons. The van der Waals surface area contributed by atoms with E-state index in [0.717, 1.165) is 53.6 Å². The quantitative estimate of drug-likeness (QED) is 0.344. The fraction of sp³-hybridized carbons (Fsp3) is 0.364. The lowest BCUT2D eigenvalue weighted by molar-refractivity contribution is 0.0724. The van der Waals surface area contributed by atoms with E-state index in [1.807, 2.05) is 53.4 Å². The van der Waals surface area contributed by atoms with Crippen molar-refractivity contribution >= 4 is 47.4 Å². The Kier molecular flexibility index (Phi) is 9.73. The van der Waals surface area contributed by atoms with Crippen LogP contribution in [0.15, 0.2) is 53.5 Å². The summed E-state index contributed by atoms with van der Waals surface area (Å²) in [7, 11) is 1.75. The summed E-state index contributed by atoms with van der Waals surface area (Å²) in [6, 6.07) is 15.5. The molecule has 0 aliphatic carbocycles. The van der Waals surface area contributed by atoms with E-state index in [0.29, 0.717) is 13.1 Å². The number of carbonyl (C=O) groups excluding carboxylic acids is 1. The summed E-state index contributed by atoms with van der Waals surface area (Å²) in [6.45, 7) is 3.05. The van der Waals surface area contributed by atoms with Gasteiger partial charge in [0.1, 0.15) is 0 Å². The number of benzene rings is 2. The molecule has 0 aromatic heterocycles. The molecule has 2 aromatic carbocycles. The third-order valence-corrected chi connectivity index (χ3v) is 5.15. The lowest BCUT2D eigenvalue weighted by atomic mass is 10.1. The van der Waals surface area contributed by atoms with Crippen LogP contribution in [0.2, 0.25) is 5.02 Å². The van der Waals surface area contributed by atoms with E-state index < -0.39 is 0 Å². The third-order valence-electron chi connectivity index (χ3n) is 4.90. The number of hydrogen-bond acceptors (Lipinski definition) is 2. The van der Waals surface area contributed by atoms with Gasteiger partial charge in [0.05, 0.1) is 0 Å². The summed E-state index contributed by atoms with van der Waals surface area (Å²) in [5, 5.41) is 7.31. The van der Waals surface area contributed by atoms with Crippen molar-refractivity contribution in [2.45, 2.75) is 32.4 Å². The maximum atomic E-state index is 12.5. The zero-order valence-electron chi connectivity index (χ0n) is 16.7. The predicted octanol–water partition coefficient (Wildman–Crippen LogP) is 4.45. The minimum atomic E-state index is 0. The molecule has 1 heterocycles. The fourth-order valence-corrected chi connectivity index (χ4v) is 3.37. The first-order chi connectivity index (χ1) is 13.7. The van der Waals surface area contributed by atoms with Crippen molar-refractivity contribution in [3.63, 3.8) is 0 Å². The summed E-state index contributed by atoms with van der Waals surface area (Å²) < 4.78 is 0. The number of halogens is 2. The topological polar surface area (TPSA) is 56.7 Å². The van der Waals surface area contributed by atoms with Crippen molar-refractivity contribution in [2.24, 2.45) is 4.99 Å². The maximum absolute atomic E-state index is 12.5. The highest BCUT2D eigenvalue weighted by Crippen LogP contribution is 2.14. The zero-order valence-corrected chi connectivity index (χ0v) is 19.7. The normalized spacial score (nSPS) is 14.1. The molecule has 7 heteroatoms. The van der Waals surface area contributed by atoms with Gasteiger partial charge >= 0.3 is 0 Å². The van der Waals surface area contributed by atoms with Gasteiger partial charge in [0.15, 0.2) is 5.96 Å². The molecule has 2 N–H and O–H groups in total. The molecule has 156 valence electrons. The van der Waals surface area contributed by atoms with E-state index in [-0.39, 0.29) is 29.9 Å². The largest absolute Gasteiger partial charge is 0.352 e. The average molecular weight is 527 g/mol. The summed E-state index contributed by atoms with van der Waals surface area (Å²) >= 11 is 5.91. The van der Waals surface area contributed by atoms with Crippen LogP contribution in [0.1, 0.15) is 40.7 Å². The number of piperidine rings is 1. The van der Waals surface area contributed by atoms with Crippen molar-refractivity contribution in [2.75, 3.05) is 20.1 Å². The Bertz CT molecular complexity index is 803. The molecule has 1 saturated heterocycles. The van der Waals surface area contributed by atoms with Gasteiger partial charge in [-0.15, -0.1) is 24.0 Å². The standard InChI is InChI=1S/C22H27ClN4O.HI/c1-24-22(26-16-18-7-11-20(23)12-8-18)25-15-17-5-9-19(10-6-17)21(28)27-13-3-2-4-14-27;/h5-12H,2-4,13-16H2,1H3,(H2,24,25,26);1H. The van der Waals surface area contributed by atoms with Crippen molar-refractivity contribution < 1.29 is 4.79 Å². The molecule has 0 atom stereocenters. The van der Waals surface area contributed by atoms with Gasteiger partial charge in [-0.25, -0.2) is 0 Å². The van der Waals surface area contributed by atoms with Crippen LogP contribution < -0.4 is 10.6 Å². The SMILES string of the molecule is CN=C(NCc1ccc(Cl)cc1)NCc1ccc(C(=O)N2CCCCC2)cc1.I. The lowest BCUT2D eigenvalue weighted by Gasteiger charge is -2.26. The number of amides is 1. The third kappa shape index (κ3) is 7.19. The Morgan fingerprint density at radius 3 is 1.97 bits per heavy atom. The molecule has 5 nitrogen and oxygen atoms in total. The molecule has 1 amide bonds. The first-order valence-electron chi connectivity index (χ1n) is 9.73. The second-order valence-electron chi connectivity index (χ2n) is 6.96. The number of guanidine groups is 1. The van der Waals surface area contributed by atoms with Crippen molar-refractivity contribution in [1.82, 2.24) is 15.5 Å². The monoisotopic (exact) mass is 526 g/mol. The van der Waals surface area contributed by atoms with Crippen molar-refractivity contribution in [1.29, 1.82) is 0 Å². The Morgan fingerprint density at radius 2 is 1.45 bits per heavy atom. The number of aliphatic imine (C=N–C) groups is 1. The number of likely N-dealkylation sites (tertiary alicyclic amines) is 1. The highest BCUT2D eigenvalue weighted by atomic mass is 127. The van der Waals surface area contributed by atoms with Crippen LogP contribution in [0.25, 0.3) is 0 Å². The van der Waals surface area contributed by atoms with Crippen LogP contribution in [0, 0.1) is 0 Å². The minimum absolute atomic E-state index is 0. The van der Waals surface area contributed by atoms with Crippen molar-refractivity contribution in [3.8, 4) is 0 Å². The van der Waals surface area contributed by atoms with E-state index >= 15 is 0 Å². The summed E-state index contributed by atoms with van der Waals surface area (Å²) in [4.78, 5) is 18.7. The van der Waals surface area contributed by atoms with Crippen LogP contribution in [0.3, 0.4) is 0 Å².